The molecular formula is C15H23NO2S. The first-order valence-corrected chi connectivity index (χ1v) is 8.67. The van der Waals surface area contributed by atoms with E-state index in [1.807, 2.05) is 30.3 Å². The molecule has 0 bridgehead atoms. The molecule has 1 aliphatic rings. The molecule has 0 heterocycles. The molecule has 0 spiro atoms. The molecule has 19 heavy (non-hydrogen) atoms. The average Bonchev–Trinajstić information content (AvgIpc) is 2.64. The summed E-state index contributed by atoms with van der Waals surface area (Å²) in [4.78, 5) is 0.732. The molecule has 4 heteroatoms. The van der Waals surface area contributed by atoms with Crippen LogP contribution in [-0.4, -0.2) is 27.7 Å². The third-order valence-corrected chi connectivity index (χ3v) is 6.43. The maximum Gasteiger partial charge on any atom is 0.0777 e. The van der Waals surface area contributed by atoms with Crippen LogP contribution in [-0.2, 0) is 9.73 Å². The quantitative estimate of drug-likeness (QED) is 0.865. The van der Waals surface area contributed by atoms with E-state index in [4.69, 9.17) is 0 Å². The van der Waals surface area contributed by atoms with Gasteiger partial charge in [-0.2, -0.15) is 0 Å². The highest BCUT2D eigenvalue weighted by Crippen LogP contribution is 2.30. The summed E-state index contributed by atoms with van der Waals surface area (Å²) >= 11 is 0. The molecule has 0 aromatic heterocycles. The van der Waals surface area contributed by atoms with E-state index in [2.05, 4.69) is 4.36 Å². The summed E-state index contributed by atoms with van der Waals surface area (Å²) in [7, 11) is -0.912. The lowest BCUT2D eigenvalue weighted by molar-refractivity contribution is 0.0482. The predicted molar refractivity (Wildman–Crippen MR) is 78.7 cm³/mol. The van der Waals surface area contributed by atoms with Crippen LogP contribution in [0.1, 0.15) is 38.5 Å². The fraction of sp³-hybridized carbons (Fsp3) is 0.600. The minimum absolute atomic E-state index is 0.264. The van der Waals surface area contributed by atoms with Crippen molar-refractivity contribution in [3.05, 3.63) is 30.3 Å². The molecular weight excluding hydrogens is 258 g/mol. The van der Waals surface area contributed by atoms with Gasteiger partial charge in [-0.15, -0.1) is 0 Å². The Balaban J connectivity index is 2.26. The Labute approximate surface area is 116 Å². The van der Waals surface area contributed by atoms with Crippen molar-refractivity contribution in [3.63, 3.8) is 0 Å². The second-order valence-electron chi connectivity index (χ2n) is 5.42. The lowest BCUT2D eigenvalue weighted by Gasteiger charge is -2.28. The second-order valence-corrected chi connectivity index (χ2v) is 7.83. The standard InChI is InChI=1S/C15H23NO2S/c1-16-19(18,14-9-5-4-6-10-14)13-15(17)11-7-2-3-8-12-15/h4-6,9-10,17H,2-3,7-8,11-13H2,1H3. The largest absolute Gasteiger partial charge is 0.389 e. The van der Waals surface area contributed by atoms with Crippen molar-refractivity contribution < 1.29 is 9.32 Å². The summed E-state index contributed by atoms with van der Waals surface area (Å²) in [6, 6.07) is 9.33. The number of hydrogen-bond donors (Lipinski definition) is 1. The van der Waals surface area contributed by atoms with Crippen LogP contribution in [0.4, 0.5) is 0 Å². The predicted octanol–water partition coefficient (Wildman–Crippen LogP) is 3.23. The van der Waals surface area contributed by atoms with Crippen molar-refractivity contribution in [2.75, 3.05) is 12.8 Å². The maximum absolute atomic E-state index is 13.0. The number of benzene rings is 1. The number of nitrogens with zero attached hydrogens (tertiary/aromatic N) is 1. The number of aliphatic hydroxyl groups is 1. The first-order chi connectivity index (χ1) is 9.08. The summed E-state index contributed by atoms with van der Waals surface area (Å²) in [6.45, 7) is 0. The Hall–Kier alpha value is -0.870. The van der Waals surface area contributed by atoms with Gasteiger partial charge < -0.3 is 5.11 Å². The van der Waals surface area contributed by atoms with Crippen LogP contribution < -0.4 is 0 Å². The fourth-order valence-corrected chi connectivity index (χ4v) is 4.89. The third-order valence-electron chi connectivity index (χ3n) is 3.91. The van der Waals surface area contributed by atoms with Gasteiger partial charge in [0.1, 0.15) is 0 Å². The molecule has 2 rings (SSSR count). The average molecular weight is 281 g/mol. The van der Waals surface area contributed by atoms with Crippen LogP contribution in [0, 0.1) is 0 Å². The van der Waals surface area contributed by atoms with Crippen molar-refractivity contribution in [2.24, 2.45) is 4.36 Å². The molecule has 3 nitrogen and oxygen atoms in total. The van der Waals surface area contributed by atoms with E-state index >= 15 is 0 Å². The molecule has 1 aromatic rings. The van der Waals surface area contributed by atoms with Gasteiger partial charge in [0, 0.05) is 11.9 Å². The summed E-state index contributed by atoms with van der Waals surface area (Å²) in [5.74, 6) is 0.264. The zero-order valence-corrected chi connectivity index (χ0v) is 12.4. The maximum atomic E-state index is 13.0. The first-order valence-electron chi connectivity index (χ1n) is 6.98. The Morgan fingerprint density at radius 3 is 2.26 bits per heavy atom. The van der Waals surface area contributed by atoms with Gasteiger partial charge in [0.25, 0.3) is 0 Å². The van der Waals surface area contributed by atoms with Crippen molar-refractivity contribution in [1.29, 1.82) is 0 Å². The molecule has 1 N–H and O–H groups in total. The first kappa shape index (κ1) is 14.5. The van der Waals surface area contributed by atoms with Crippen molar-refractivity contribution in [3.8, 4) is 0 Å². The van der Waals surface area contributed by atoms with Crippen molar-refractivity contribution in [1.82, 2.24) is 0 Å². The van der Waals surface area contributed by atoms with E-state index in [0.717, 1.165) is 43.4 Å². The Kier molecular flexibility index (Phi) is 4.63. The normalized spacial score (nSPS) is 22.2. The van der Waals surface area contributed by atoms with E-state index in [1.54, 1.807) is 7.05 Å². The molecule has 1 atom stereocenters. The van der Waals surface area contributed by atoms with Crippen LogP contribution in [0.25, 0.3) is 0 Å². The van der Waals surface area contributed by atoms with Crippen LogP contribution in [0.15, 0.2) is 39.6 Å². The van der Waals surface area contributed by atoms with Gasteiger partial charge in [-0.1, -0.05) is 43.9 Å². The highest BCUT2D eigenvalue weighted by atomic mass is 32.2. The van der Waals surface area contributed by atoms with Crippen LogP contribution in [0.3, 0.4) is 0 Å². The van der Waals surface area contributed by atoms with E-state index in [1.165, 1.54) is 0 Å². The van der Waals surface area contributed by atoms with E-state index in [9.17, 15) is 9.32 Å². The highest BCUT2D eigenvalue weighted by Gasteiger charge is 2.33. The van der Waals surface area contributed by atoms with Gasteiger partial charge >= 0.3 is 0 Å². The lowest BCUT2D eigenvalue weighted by Crippen LogP contribution is -2.36. The summed E-state index contributed by atoms with van der Waals surface area (Å²) in [6.07, 6.45) is 5.85. The zero-order chi connectivity index (χ0) is 13.8. The molecule has 1 unspecified atom stereocenters. The second kappa shape index (κ2) is 6.06. The molecule has 0 amide bonds. The van der Waals surface area contributed by atoms with Gasteiger partial charge in [-0.3, -0.25) is 0 Å². The number of rotatable bonds is 3. The summed E-state index contributed by atoms with van der Waals surface area (Å²) in [5, 5.41) is 10.7. The van der Waals surface area contributed by atoms with E-state index in [-0.39, 0.29) is 5.75 Å². The third kappa shape index (κ3) is 3.57. The monoisotopic (exact) mass is 281 g/mol. The lowest BCUT2D eigenvalue weighted by atomic mass is 9.97. The Morgan fingerprint density at radius 1 is 1.16 bits per heavy atom. The van der Waals surface area contributed by atoms with Crippen molar-refractivity contribution in [2.45, 2.75) is 49.0 Å². The molecule has 0 radical (unpaired) electrons. The zero-order valence-electron chi connectivity index (χ0n) is 11.5. The van der Waals surface area contributed by atoms with Crippen LogP contribution >= 0.6 is 0 Å². The summed E-state index contributed by atoms with van der Waals surface area (Å²) < 4.78 is 17.1. The van der Waals surface area contributed by atoms with Gasteiger partial charge in [0.05, 0.1) is 21.1 Å². The van der Waals surface area contributed by atoms with Gasteiger partial charge in [-0.25, -0.2) is 8.57 Å². The van der Waals surface area contributed by atoms with Gasteiger partial charge in [0.2, 0.25) is 0 Å². The van der Waals surface area contributed by atoms with E-state index in [0.29, 0.717) is 0 Å². The minimum Gasteiger partial charge on any atom is -0.389 e. The summed E-state index contributed by atoms with van der Waals surface area (Å²) in [5.41, 5.74) is -0.817. The molecule has 0 aliphatic heterocycles. The minimum atomic E-state index is -2.50. The van der Waals surface area contributed by atoms with Crippen LogP contribution in [0.5, 0.6) is 0 Å². The van der Waals surface area contributed by atoms with Gasteiger partial charge in [0.15, 0.2) is 0 Å². The van der Waals surface area contributed by atoms with Gasteiger partial charge in [-0.05, 0) is 25.0 Å². The molecule has 106 valence electrons. The molecule has 1 aromatic carbocycles. The molecule has 0 saturated heterocycles. The topological polar surface area (TPSA) is 49.7 Å². The molecule has 1 saturated carbocycles. The fourth-order valence-electron chi connectivity index (χ4n) is 2.78. The van der Waals surface area contributed by atoms with Crippen LogP contribution in [0.2, 0.25) is 0 Å². The molecule has 1 fully saturated rings. The SMILES string of the molecule is CN=S(=O)(CC1(O)CCCCCC1)c1ccccc1. The van der Waals surface area contributed by atoms with Crippen molar-refractivity contribution >= 4 is 9.73 Å². The molecule has 1 aliphatic carbocycles. The van der Waals surface area contributed by atoms with E-state index < -0.39 is 15.3 Å². The smallest absolute Gasteiger partial charge is 0.0777 e. The number of hydrogen-bond acceptors (Lipinski definition) is 3. The Morgan fingerprint density at radius 2 is 1.74 bits per heavy atom. The highest BCUT2D eigenvalue weighted by molar-refractivity contribution is 7.93. The Bertz CT molecular complexity index is 510.